The average Bonchev–Trinajstić information content (AvgIpc) is 3.42. The van der Waals surface area contributed by atoms with E-state index < -0.39 is 0 Å². The van der Waals surface area contributed by atoms with Gasteiger partial charge in [0.2, 0.25) is 5.91 Å². The molecule has 4 rings (SSSR count). The zero-order chi connectivity index (χ0) is 23.8. The molecule has 1 aliphatic heterocycles. The normalized spacial score (nSPS) is 20.9. The van der Waals surface area contributed by atoms with Crippen LogP contribution in [0, 0.1) is 0 Å². The van der Waals surface area contributed by atoms with Crippen molar-refractivity contribution in [2.45, 2.75) is 70.5 Å². The van der Waals surface area contributed by atoms with Gasteiger partial charge in [-0.1, -0.05) is 49.7 Å². The van der Waals surface area contributed by atoms with Crippen LogP contribution in [0.1, 0.15) is 75.7 Å². The number of hydrogen-bond acceptors (Lipinski definition) is 3. The molecule has 0 saturated carbocycles. The number of aromatic nitrogens is 2. The molecule has 6 heteroatoms. The van der Waals surface area contributed by atoms with Gasteiger partial charge in [-0.05, 0) is 74.6 Å². The van der Waals surface area contributed by atoms with E-state index in [1.54, 1.807) is 0 Å². The Morgan fingerprint density at radius 3 is 2.52 bits per heavy atom. The SMILES string of the molecule is CC(C)c1cccc(NC(=O)[C@@H]2CC(c3ccn(C(C)(C)C)n3)[C@H](c3ccc(Cl)cc3)N2)c1. The van der Waals surface area contributed by atoms with Gasteiger partial charge in [-0.15, -0.1) is 0 Å². The van der Waals surface area contributed by atoms with Gasteiger partial charge in [0.25, 0.3) is 0 Å². The highest BCUT2D eigenvalue weighted by molar-refractivity contribution is 6.30. The standard InChI is InChI=1S/C27H33ClN4O/c1-17(2)19-7-6-8-21(15-19)29-26(33)24-16-22(23-13-14-32(31-23)27(3,4)5)25(30-24)18-9-11-20(28)12-10-18/h6-15,17,22,24-25,30H,16H2,1-5H3,(H,29,33)/t22?,24-,25-/m0/s1. The molecule has 2 N–H and O–H groups in total. The summed E-state index contributed by atoms with van der Waals surface area (Å²) in [4.78, 5) is 13.2. The fourth-order valence-electron chi connectivity index (χ4n) is 4.38. The summed E-state index contributed by atoms with van der Waals surface area (Å²) in [5.41, 5.74) is 4.03. The molecule has 0 aliphatic carbocycles. The third kappa shape index (κ3) is 5.31. The van der Waals surface area contributed by atoms with E-state index in [0.29, 0.717) is 17.4 Å². The van der Waals surface area contributed by atoms with Gasteiger partial charge in [-0.2, -0.15) is 5.10 Å². The van der Waals surface area contributed by atoms with E-state index in [4.69, 9.17) is 16.7 Å². The first kappa shape index (κ1) is 23.5. The van der Waals surface area contributed by atoms with Crippen LogP contribution in [0.4, 0.5) is 5.69 Å². The van der Waals surface area contributed by atoms with Gasteiger partial charge < -0.3 is 5.32 Å². The van der Waals surface area contributed by atoms with Crippen LogP contribution >= 0.6 is 11.6 Å². The monoisotopic (exact) mass is 464 g/mol. The highest BCUT2D eigenvalue weighted by Gasteiger charge is 2.40. The Kier molecular flexibility index (Phi) is 6.64. The third-order valence-electron chi connectivity index (χ3n) is 6.32. The van der Waals surface area contributed by atoms with Gasteiger partial charge in [0.1, 0.15) is 0 Å². The number of carbonyl (C=O) groups is 1. The highest BCUT2D eigenvalue weighted by Crippen LogP contribution is 2.40. The summed E-state index contributed by atoms with van der Waals surface area (Å²) in [6.07, 6.45) is 2.70. The first-order chi connectivity index (χ1) is 15.6. The molecule has 1 aromatic heterocycles. The lowest BCUT2D eigenvalue weighted by molar-refractivity contribution is -0.117. The fourth-order valence-corrected chi connectivity index (χ4v) is 4.50. The van der Waals surface area contributed by atoms with E-state index in [9.17, 15) is 4.79 Å². The molecule has 0 radical (unpaired) electrons. The van der Waals surface area contributed by atoms with Gasteiger partial charge in [-0.25, -0.2) is 0 Å². The Hall–Kier alpha value is -2.63. The molecule has 3 atom stereocenters. The molecule has 174 valence electrons. The Morgan fingerprint density at radius 1 is 1.15 bits per heavy atom. The lowest BCUT2D eigenvalue weighted by atomic mass is 9.90. The quantitative estimate of drug-likeness (QED) is 0.469. The molecule has 1 unspecified atom stereocenters. The second kappa shape index (κ2) is 9.32. The van der Waals surface area contributed by atoms with E-state index in [-0.39, 0.29) is 29.4 Å². The summed E-state index contributed by atoms with van der Waals surface area (Å²) in [7, 11) is 0. The summed E-state index contributed by atoms with van der Waals surface area (Å²) in [6.45, 7) is 10.7. The molecule has 1 fully saturated rings. The van der Waals surface area contributed by atoms with Crippen molar-refractivity contribution in [2.75, 3.05) is 5.32 Å². The number of nitrogens with zero attached hydrogens (tertiary/aromatic N) is 2. The minimum Gasteiger partial charge on any atom is -0.325 e. The van der Waals surface area contributed by atoms with Crippen molar-refractivity contribution < 1.29 is 4.79 Å². The number of hydrogen-bond donors (Lipinski definition) is 2. The van der Waals surface area contributed by atoms with E-state index in [1.165, 1.54) is 5.56 Å². The maximum atomic E-state index is 13.2. The minimum absolute atomic E-state index is 0.0207. The van der Waals surface area contributed by atoms with Crippen molar-refractivity contribution in [3.05, 3.63) is 82.6 Å². The molecule has 1 saturated heterocycles. The molecule has 1 aliphatic rings. The molecule has 33 heavy (non-hydrogen) atoms. The van der Waals surface area contributed by atoms with Crippen LogP contribution in [0.15, 0.2) is 60.8 Å². The van der Waals surface area contributed by atoms with Crippen LogP contribution in [0.3, 0.4) is 0 Å². The molecular weight excluding hydrogens is 432 g/mol. The molecule has 3 aromatic rings. The second-order valence-electron chi connectivity index (χ2n) is 10.2. The Bertz CT molecular complexity index is 1110. The minimum atomic E-state index is -0.321. The zero-order valence-corrected chi connectivity index (χ0v) is 20.7. The smallest absolute Gasteiger partial charge is 0.241 e. The molecule has 2 heterocycles. The van der Waals surface area contributed by atoms with Crippen molar-refractivity contribution >= 4 is 23.2 Å². The van der Waals surface area contributed by atoms with Gasteiger partial charge in [0.05, 0.1) is 17.3 Å². The molecule has 1 amide bonds. The lowest BCUT2D eigenvalue weighted by Crippen LogP contribution is -2.36. The third-order valence-corrected chi connectivity index (χ3v) is 6.57. The largest absolute Gasteiger partial charge is 0.325 e. The van der Waals surface area contributed by atoms with Crippen molar-refractivity contribution in [2.24, 2.45) is 0 Å². The first-order valence-corrected chi connectivity index (χ1v) is 12.0. The van der Waals surface area contributed by atoms with Crippen molar-refractivity contribution in [3.8, 4) is 0 Å². The fraction of sp³-hybridized carbons (Fsp3) is 0.407. The number of benzene rings is 2. The number of carbonyl (C=O) groups excluding carboxylic acids is 1. The summed E-state index contributed by atoms with van der Waals surface area (Å²) in [5, 5.41) is 12.3. The molecule has 2 aromatic carbocycles. The van der Waals surface area contributed by atoms with Crippen LogP contribution in [-0.4, -0.2) is 21.7 Å². The topological polar surface area (TPSA) is 59.0 Å². The van der Waals surface area contributed by atoms with Crippen molar-refractivity contribution in [1.82, 2.24) is 15.1 Å². The molecule has 0 bridgehead atoms. The lowest BCUT2D eigenvalue weighted by Gasteiger charge is -2.21. The Labute approximate surface area is 201 Å². The van der Waals surface area contributed by atoms with Crippen molar-refractivity contribution in [3.63, 3.8) is 0 Å². The molecular formula is C27H33ClN4O. The summed E-state index contributed by atoms with van der Waals surface area (Å²) < 4.78 is 1.99. The number of amides is 1. The van der Waals surface area contributed by atoms with Crippen LogP contribution < -0.4 is 10.6 Å². The maximum Gasteiger partial charge on any atom is 0.241 e. The molecule has 5 nitrogen and oxygen atoms in total. The van der Waals surface area contributed by atoms with Gasteiger partial charge in [0.15, 0.2) is 0 Å². The predicted molar refractivity (Wildman–Crippen MR) is 135 cm³/mol. The van der Waals surface area contributed by atoms with E-state index in [1.807, 2.05) is 47.3 Å². The summed E-state index contributed by atoms with van der Waals surface area (Å²) in [5.74, 6) is 0.461. The summed E-state index contributed by atoms with van der Waals surface area (Å²) >= 11 is 6.13. The van der Waals surface area contributed by atoms with Crippen LogP contribution in [-0.2, 0) is 10.3 Å². The maximum absolute atomic E-state index is 13.2. The number of anilines is 1. The van der Waals surface area contributed by atoms with E-state index in [0.717, 1.165) is 16.9 Å². The molecule has 0 spiro atoms. The zero-order valence-electron chi connectivity index (χ0n) is 20.0. The average molecular weight is 465 g/mol. The predicted octanol–water partition coefficient (Wildman–Crippen LogP) is 6.24. The first-order valence-electron chi connectivity index (χ1n) is 11.6. The Balaban J connectivity index is 1.59. The van der Waals surface area contributed by atoms with Crippen LogP contribution in [0.5, 0.6) is 0 Å². The van der Waals surface area contributed by atoms with Crippen LogP contribution in [0.25, 0.3) is 0 Å². The number of halogens is 1. The van der Waals surface area contributed by atoms with Gasteiger partial charge >= 0.3 is 0 Å². The van der Waals surface area contributed by atoms with E-state index in [2.05, 4.69) is 63.5 Å². The number of nitrogens with one attached hydrogen (secondary N) is 2. The second-order valence-corrected chi connectivity index (χ2v) is 10.7. The van der Waals surface area contributed by atoms with Crippen LogP contribution in [0.2, 0.25) is 5.02 Å². The summed E-state index contributed by atoms with van der Waals surface area (Å²) in [6, 6.07) is 17.7. The van der Waals surface area contributed by atoms with Gasteiger partial charge in [0, 0.05) is 28.9 Å². The Morgan fingerprint density at radius 2 is 1.88 bits per heavy atom. The van der Waals surface area contributed by atoms with Gasteiger partial charge in [-0.3, -0.25) is 14.8 Å². The number of rotatable bonds is 5. The highest BCUT2D eigenvalue weighted by atomic mass is 35.5. The van der Waals surface area contributed by atoms with E-state index >= 15 is 0 Å². The van der Waals surface area contributed by atoms with Crippen molar-refractivity contribution in [1.29, 1.82) is 0 Å².